The summed E-state index contributed by atoms with van der Waals surface area (Å²) in [4.78, 5) is 0. The molecule has 0 aliphatic heterocycles. The van der Waals surface area contributed by atoms with Gasteiger partial charge in [0, 0.05) is 6.61 Å². The van der Waals surface area contributed by atoms with E-state index in [0.29, 0.717) is 25.0 Å². The minimum atomic E-state index is -4.34. The summed E-state index contributed by atoms with van der Waals surface area (Å²) in [6.07, 6.45) is -3.27. The monoisotopic (exact) mass is 304 g/mol. The average molecular weight is 304 g/mol. The van der Waals surface area contributed by atoms with E-state index < -0.39 is 17.3 Å². The molecule has 0 bridgehead atoms. The molecule has 0 radical (unpaired) electrons. The van der Waals surface area contributed by atoms with Crippen LogP contribution in [0, 0.1) is 0 Å². The van der Waals surface area contributed by atoms with Crippen LogP contribution in [0.3, 0.4) is 0 Å². The lowest BCUT2D eigenvalue weighted by Crippen LogP contribution is -2.54. The van der Waals surface area contributed by atoms with Crippen LogP contribution in [0.15, 0.2) is 24.3 Å². The predicted molar refractivity (Wildman–Crippen MR) is 76.6 cm³/mol. The van der Waals surface area contributed by atoms with E-state index in [2.05, 4.69) is 5.43 Å². The highest BCUT2D eigenvalue weighted by Gasteiger charge is 2.34. The normalized spacial score (nSPS) is 16.5. The van der Waals surface area contributed by atoms with Gasteiger partial charge in [0.15, 0.2) is 0 Å². The molecule has 0 spiro atoms. The molecule has 21 heavy (non-hydrogen) atoms. The number of hydrazine groups is 1. The van der Waals surface area contributed by atoms with Gasteiger partial charge >= 0.3 is 6.18 Å². The minimum absolute atomic E-state index is 0.272. The van der Waals surface area contributed by atoms with E-state index in [0.717, 1.165) is 12.1 Å². The SMILES string of the molecule is CCOC(C)(CC)C(Cc1cccc(C(F)(F)F)c1)NN. The summed E-state index contributed by atoms with van der Waals surface area (Å²) in [5, 5.41) is 0. The van der Waals surface area contributed by atoms with Crippen molar-refractivity contribution < 1.29 is 17.9 Å². The highest BCUT2D eigenvalue weighted by molar-refractivity contribution is 5.26. The molecule has 3 N–H and O–H groups in total. The summed E-state index contributed by atoms with van der Waals surface area (Å²) >= 11 is 0. The fraction of sp³-hybridized carbons (Fsp3) is 0.600. The molecule has 0 fully saturated rings. The number of hydrogen-bond acceptors (Lipinski definition) is 3. The molecule has 1 aromatic carbocycles. The van der Waals surface area contributed by atoms with E-state index >= 15 is 0 Å². The van der Waals surface area contributed by atoms with Crippen LogP contribution in [-0.4, -0.2) is 18.2 Å². The summed E-state index contributed by atoms with van der Waals surface area (Å²) < 4.78 is 44.0. The van der Waals surface area contributed by atoms with Crippen molar-refractivity contribution in [1.29, 1.82) is 0 Å². The van der Waals surface area contributed by atoms with Crippen molar-refractivity contribution in [3.63, 3.8) is 0 Å². The molecule has 0 saturated carbocycles. The van der Waals surface area contributed by atoms with Crippen LogP contribution in [0.1, 0.15) is 38.3 Å². The Bertz CT molecular complexity index is 451. The lowest BCUT2D eigenvalue weighted by molar-refractivity contribution is -0.137. The van der Waals surface area contributed by atoms with Gasteiger partial charge < -0.3 is 4.74 Å². The third-order valence-corrected chi connectivity index (χ3v) is 3.81. The average Bonchev–Trinajstić information content (AvgIpc) is 2.44. The number of nitrogens with two attached hydrogens (primary N) is 1. The Labute approximate surface area is 123 Å². The van der Waals surface area contributed by atoms with Crippen LogP contribution in [0.5, 0.6) is 0 Å². The molecule has 0 saturated heterocycles. The zero-order chi connectivity index (χ0) is 16.1. The Hall–Kier alpha value is -1.11. The van der Waals surface area contributed by atoms with Crippen LogP contribution < -0.4 is 11.3 Å². The van der Waals surface area contributed by atoms with Crippen LogP contribution in [0.25, 0.3) is 0 Å². The fourth-order valence-corrected chi connectivity index (χ4v) is 2.34. The molecule has 0 aromatic heterocycles. The molecule has 0 aliphatic rings. The summed E-state index contributed by atoms with van der Waals surface area (Å²) in [6, 6.07) is 5.03. The summed E-state index contributed by atoms with van der Waals surface area (Å²) in [6.45, 7) is 6.28. The lowest BCUT2D eigenvalue weighted by atomic mass is 9.88. The zero-order valence-electron chi connectivity index (χ0n) is 12.6. The molecule has 1 aromatic rings. The maximum Gasteiger partial charge on any atom is 0.416 e. The van der Waals surface area contributed by atoms with Gasteiger partial charge in [0.25, 0.3) is 0 Å². The van der Waals surface area contributed by atoms with Crippen molar-refractivity contribution in [1.82, 2.24) is 5.43 Å². The number of benzene rings is 1. The van der Waals surface area contributed by atoms with Gasteiger partial charge in [-0.25, -0.2) is 0 Å². The second kappa shape index (κ2) is 7.24. The first kappa shape index (κ1) is 17.9. The molecule has 6 heteroatoms. The number of rotatable bonds is 7. The van der Waals surface area contributed by atoms with Gasteiger partial charge in [-0.05, 0) is 38.3 Å². The van der Waals surface area contributed by atoms with Gasteiger partial charge in [0.2, 0.25) is 0 Å². The number of alkyl halides is 3. The topological polar surface area (TPSA) is 47.3 Å². The van der Waals surface area contributed by atoms with Gasteiger partial charge in [0.1, 0.15) is 0 Å². The second-order valence-corrected chi connectivity index (χ2v) is 5.22. The van der Waals surface area contributed by atoms with Crippen molar-refractivity contribution in [3.05, 3.63) is 35.4 Å². The summed E-state index contributed by atoms with van der Waals surface area (Å²) in [5.41, 5.74) is 2.08. The minimum Gasteiger partial charge on any atom is -0.374 e. The van der Waals surface area contributed by atoms with E-state index in [9.17, 15) is 13.2 Å². The summed E-state index contributed by atoms with van der Waals surface area (Å²) in [5.74, 6) is 5.58. The molecular formula is C15H23F3N2O. The van der Waals surface area contributed by atoms with E-state index in [1.54, 1.807) is 6.07 Å². The Morgan fingerprint density at radius 2 is 1.95 bits per heavy atom. The van der Waals surface area contributed by atoms with Crippen molar-refractivity contribution in [2.45, 2.75) is 51.4 Å². The van der Waals surface area contributed by atoms with Crippen molar-refractivity contribution >= 4 is 0 Å². The first-order chi connectivity index (χ1) is 9.76. The second-order valence-electron chi connectivity index (χ2n) is 5.22. The largest absolute Gasteiger partial charge is 0.416 e. The van der Waals surface area contributed by atoms with Crippen LogP contribution in [-0.2, 0) is 17.3 Å². The van der Waals surface area contributed by atoms with Crippen LogP contribution >= 0.6 is 0 Å². The molecule has 0 heterocycles. The van der Waals surface area contributed by atoms with Gasteiger partial charge in [-0.2, -0.15) is 13.2 Å². The van der Waals surface area contributed by atoms with E-state index in [1.807, 2.05) is 20.8 Å². The summed E-state index contributed by atoms with van der Waals surface area (Å²) in [7, 11) is 0. The Kier molecular flexibility index (Phi) is 6.19. The molecule has 0 aliphatic carbocycles. The molecule has 0 amide bonds. The first-order valence-corrected chi connectivity index (χ1v) is 7.03. The first-order valence-electron chi connectivity index (χ1n) is 7.03. The molecule has 2 unspecified atom stereocenters. The van der Waals surface area contributed by atoms with Gasteiger partial charge in [-0.15, -0.1) is 0 Å². The third-order valence-electron chi connectivity index (χ3n) is 3.81. The zero-order valence-corrected chi connectivity index (χ0v) is 12.6. The van der Waals surface area contributed by atoms with Crippen molar-refractivity contribution in [3.8, 4) is 0 Å². The Balaban J connectivity index is 2.96. The van der Waals surface area contributed by atoms with E-state index in [4.69, 9.17) is 10.6 Å². The van der Waals surface area contributed by atoms with Crippen LogP contribution in [0.4, 0.5) is 13.2 Å². The van der Waals surface area contributed by atoms with E-state index in [-0.39, 0.29) is 6.04 Å². The number of nitrogens with one attached hydrogen (secondary N) is 1. The highest BCUT2D eigenvalue weighted by Crippen LogP contribution is 2.30. The van der Waals surface area contributed by atoms with Crippen molar-refractivity contribution in [2.75, 3.05) is 6.61 Å². The number of hydrogen-bond donors (Lipinski definition) is 2. The molecule has 1 rings (SSSR count). The lowest BCUT2D eigenvalue weighted by Gasteiger charge is -2.36. The van der Waals surface area contributed by atoms with Gasteiger partial charge in [0.05, 0.1) is 17.2 Å². The Morgan fingerprint density at radius 1 is 1.29 bits per heavy atom. The van der Waals surface area contributed by atoms with Gasteiger partial charge in [-0.1, -0.05) is 25.1 Å². The standard InChI is InChI=1S/C15H23F3N2O/c1-4-14(3,21-5-2)13(20-19)10-11-7-6-8-12(9-11)15(16,17)18/h6-9,13,20H,4-5,10,19H2,1-3H3. The molecular weight excluding hydrogens is 281 g/mol. The molecule has 120 valence electrons. The number of ether oxygens (including phenoxy) is 1. The van der Waals surface area contributed by atoms with E-state index in [1.165, 1.54) is 6.07 Å². The van der Waals surface area contributed by atoms with Crippen LogP contribution in [0.2, 0.25) is 0 Å². The van der Waals surface area contributed by atoms with Gasteiger partial charge in [-0.3, -0.25) is 11.3 Å². The maximum absolute atomic E-state index is 12.7. The maximum atomic E-state index is 12.7. The fourth-order valence-electron chi connectivity index (χ4n) is 2.34. The number of halogens is 3. The predicted octanol–water partition coefficient (Wildman–Crippen LogP) is 3.29. The third kappa shape index (κ3) is 4.69. The Morgan fingerprint density at radius 3 is 2.43 bits per heavy atom. The quantitative estimate of drug-likeness (QED) is 0.600. The molecule has 3 nitrogen and oxygen atoms in total. The highest BCUT2D eigenvalue weighted by atomic mass is 19.4. The van der Waals surface area contributed by atoms with Crippen molar-refractivity contribution in [2.24, 2.45) is 5.84 Å². The smallest absolute Gasteiger partial charge is 0.374 e. The molecule has 2 atom stereocenters.